The Morgan fingerprint density at radius 1 is 1.00 bits per heavy atom. The van der Waals surface area contributed by atoms with Crippen LogP contribution in [0, 0.1) is 11.3 Å². The zero-order valence-electron chi connectivity index (χ0n) is 13.2. The summed E-state index contributed by atoms with van der Waals surface area (Å²) < 4.78 is 0. The van der Waals surface area contributed by atoms with Gasteiger partial charge in [-0.2, -0.15) is 0 Å². The molecule has 0 radical (unpaired) electrons. The topological polar surface area (TPSA) is 6.48 Å². The molecule has 3 atom stereocenters. The standard InChI is InChI=1S/C17H32N2/c1-14(2)19-10-7-17(13-19)12-16(17)11-15(3)18-8-5-4-6-9-18/h14-16H,4-13H2,1-3H3. The minimum Gasteiger partial charge on any atom is -0.301 e. The van der Waals surface area contributed by atoms with E-state index in [0.29, 0.717) is 0 Å². The van der Waals surface area contributed by atoms with E-state index in [4.69, 9.17) is 0 Å². The molecule has 1 aliphatic carbocycles. The number of hydrogen-bond acceptors (Lipinski definition) is 2. The quantitative estimate of drug-likeness (QED) is 0.768. The van der Waals surface area contributed by atoms with Crippen molar-refractivity contribution in [3.63, 3.8) is 0 Å². The molecule has 2 nitrogen and oxygen atoms in total. The first kappa shape index (κ1) is 13.9. The van der Waals surface area contributed by atoms with Crippen molar-refractivity contribution in [2.75, 3.05) is 26.2 Å². The van der Waals surface area contributed by atoms with Crippen LogP contribution in [0.1, 0.15) is 59.3 Å². The number of nitrogens with zero attached hydrogens (tertiary/aromatic N) is 2. The predicted molar refractivity (Wildman–Crippen MR) is 81.4 cm³/mol. The molecule has 1 spiro atoms. The minimum absolute atomic E-state index is 0.744. The zero-order chi connectivity index (χ0) is 13.5. The van der Waals surface area contributed by atoms with Gasteiger partial charge in [-0.05, 0) is 83.8 Å². The van der Waals surface area contributed by atoms with Crippen LogP contribution in [0.4, 0.5) is 0 Å². The molecule has 110 valence electrons. The molecule has 19 heavy (non-hydrogen) atoms. The van der Waals surface area contributed by atoms with E-state index in [0.717, 1.165) is 23.4 Å². The molecule has 0 aromatic carbocycles. The number of piperidine rings is 1. The zero-order valence-corrected chi connectivity index (χ0v) is 13.2. The molecule has 2 aliphatic heterocycles. The van der Waals surface area contributed by atoms with E-state index in [1.807, 2.05) is 0 Å². The van der Waals surface area contributed by atoms with Crippen molar-refractivity contribution in [3.05, 3.63) is 0 Å². The lowest BCUT2D eigenvalue weighted by molar-refractivity contribution is 0.157. The highest BCUT2D eigenvalue weighted by Gasteiger charge is 2.57. The highest BCUT2D eigenvalue weighted by molar-refractivity contribution is 5.08. The number of likely N-dealkylation sites (tertiary alicyclic amines) is 2. The highest BCUT2D eigenvalue weighted by Crippen LogP contribution is 2.60. The third kappa shape index (κ3) is 2.85. The van der Waals surface area contributed by atoms with Gasteiger partial charge in [-0.15, -0.1) is 0 Å². The average molecular weight is 264 g/mol. The summed E-state index contributed by atoms with van der Waals surface area (Å²) in [4.78, 5) is 5.45. The van der Waals surface area contributed by atoms with Crippen LogP contribution in [0.2, 0.25) is 0 Å². The van der Waals surface area contributed by atoms with Crippen molar-refractivity contribution in [3.8, 4) is 0 Å². The molecule has 0 bridgehead atoms. The summed E-state index contributed by atoms with van der Waals surface area (Å²) in [6.45, 7) is 12.7. The Hall–Kier alpha value is -0.0800. The number of rotatable bonds is 4. The maximum atomic E-state index is 2.75. The fourth-order valence-corrected chi connectivity index (χ4v) is 4.55. The van der Waals surface area contributed by atoms with E-state index in [-0.39, 0.29) is 0 Å². The molecule has 3 fully saturated rings. The van der Waals surface area contributed by atoms with E-state index in [9.17, 15) is 0 Å². The molecule has 3 aliphatic rings. The Balaban J connectivity index is 1.47. The second-order valence-electron chi connectivity index (χ2n) is 7.76. The molecular formula is C17H32N2. The second-order valence-corrected chi connectivity index (χ2v) is 7.76. The highest BCUT2D eigenvalue weighted by atomic mass is 15.2. The smallest absolute Gasteiger partial charge is 0.00697 e. The first-order valence-corrected chi connectivity index (χ1v) is 8.59. The van der Waals surface area contributed by atoms with Crippen LogP contribution in [0.3, 0.4) is 0 Å². The Morgan fingerprint density at radius 2 is 1.74 bits per heavy atom. The molecule has 0 N–H and O–H groups in total. The average Bonchev–Trinajstić information content (AvgIpc) is 2.86. The van der Waals surface area contributed by atoms with Crippen LogP contribution in [0.15, 0.2) is 0 Å². The summed E-state index contributed by atoms with van der Waals surface area (Å²) in [6, 6.07) is 1.58. The first-order valence-electron chi connectivity index (χ1n) is 8.59. The van der Waals surface area contributed by atoms with Crippen molar-refractivity contribution in [2.24, 2.45) is 11.3 Å². The molecule has 2 heteroatoms. The van der Waals surface area contributed by atoms with Crippen LogP contribution in [-0.2, 0) is 0 Å². The monoisotopic (exact) mass is 264 g/mol. The fourth-order valence-electron chi connectivity index (χ4n) is 4.55. The van der Waals surface area contributed by atoms with Gasteiger partial charge in [0, 0.05) is 18.6 Å². The van der Waals surface area contributed by atoms with Crippen molar-refractivity contribution >= 4 is 0 Å². The molecule has 2 saturated heterocycles. The van der Waals surface area contributed by atoms with Gasteiger partial charge in [0.2, 0.25) is 0 Å². The van der Waals surface area contributed by atoms with E-state index in [1.54, 1.807) is 0 Å². The number of hydrogen-bond donors (Lipinski definition) is 0. The van der Waals surface area contributed by atoms with E-state index in [1.165, 1.54) is 64.7 Å². The van der Waals surface area contributed by atoms with E-state index < -0.39 is 0 Å². The van der Waals surface area contributed by atoms with Crippen molar-refractivity contribution < 1.29 is 0 Å². The second kappa shape index (κ2) is 5.37. The molecule has 0 aromatic rings. The SMILES string of the molecule is CC(C)N1CCC2(CC2CC(C)N2CCCCC2)C1. The third-order valence-electron chi connectivity index (χ3n) is 6.14. The summed E-state index contributed by atoms with van der Waals surface area (Å²) >= 11 is 0. The van der Waals surface area contributed by atoms with Gasteiger partial charge < -0.3 is 9.80 Å². The summed E-state index contributed by atoms with van der Waals surface area (Å²) in [5, 5.41) is 0. The molecule has 3 unspecified atom stereocenters. The summed E-state index contributed by atoms with van der Waals surface area (Å²) in [6.07, 6.45) is 8.78. The van der Waals surface area contributed by atoms with Gasteiger partial charge in [-0.3, -0.25) is 0 Å². The van der Waals surface area contributed by atoms with E-state index >= 15 is 0 Å². The lowest BCUT2D eigenvalue weighted by atomic mass is 9.97. The van der Waals surface area contributed by atoms with Gasteiger partial charge in [0.05, 0.1) is 0 Å². The Bertz CT molecular complexity index is 308. The van der Waals surface area contributed by atoms with Crippen molar-refractivity contribution in [1.29, 1.82) is 0 Å². The van der Waals surface area contributed by atoms with Gasteiger partial charge >= 0.3 is 0 Å². The lowest BCUT2D eigenvalue weighted by Gasteiger charge is -2.32. The van der Waals surface area contributed by atoms with Gasteiger partial charge in [-0.1, -0.05) is 6.42 Å². The van der Waals surface area contributed by atoms with Gasteiger partial charge in [0.1, 0.15) is 0 Å². The molecule has 3 rings (SSSR count). The minimum atomic E-state index is 0.744. The van der Waals surface area contributed by atoms with Crippen LogP contribution >= 0.6 is 0 Å². The third-order valence-corrected chi connectivity index (χ3v) is 6.14. The lowest BCUT2D eigenvalue weighted by Crippen LogP contribution is -2.38. The first-order chi connectivity index (χ1) is 9.11. The van der Waals surface area contributed by atoms with Gasteiger partial charge in [0.15, 0.2) is 0 Å². The summed E-state index contributed by atoms with van der Waals surface area (Å²) in [5.74, 6) is 1.04. The van der Waals surface area contributed by atoms with Gasteiger partial charge in [-0.25, -0.2) is 0 Å². The maximum Gasteiger partial charge on any atom is 0.00697 e. The molecular weight excluding hydrogens is 232 g/mol. The Morgan fingerprint density at radius 3 is 2.37 bits per heavy atom. The molecule has 1 saturated carbocycles. The van der Waals surface area contributed by atoms with Crippen LogP contribution in [0.5, 0.6) is 0 Å². The summed E-state index contributed by atoms with van der Waals surface area (Å²) in [7, 11) is 0. The Labute approximate surface area is 119 Å². The van der Waals surface area contributed by atoms with Crippen LogP contribution < -0.4 is 0 Å². The normalized spacial score (nSPS) is 38.2. The Kier molecular flexibility index (Phi) is 3.92. The maximum absolute atomic E-state index is 2.75. The molecule has 2 heterocycles. The van der Waals surface area contributed by atoms with E-state index in [2.05, 4.69) is 30.6 Å². The van der Waals surface area contributed by atoms with Crippen LogP contribution in [-0.4, -0.2) is 48.1 Å². The van der Waals surface area contributed by atoms with Crippen molar-refractivity contribution in [1.82, 2.24) is 9.80 Å². The van der Waals surface area contributed by atoms with Crippen LogP contribution in [0.25, 0.3) is 0 Å². The van der Waals surface area contributed by atoms with Crippen molar-refractivity contribution in [2.45, 2.75) is 71.4 Å². The fraction of sp³-hybridized carbons (Fsp3) is 1.00. The summed E-state index contributed by atoms with van der Waals surface area (Å²) in [5.41, 5.74) is 0.744. The largest absolute Gasteiger partial charge is 0.301 e. The predicted octanol–water partition coefficient (Wildman–Crippen LogP) is 3.37. The van der Waals surface area contributed by atoms with Gasteiger partial charge in [0.25, 0.3) is 0 Å². The molecule has 0 amide bonds. The molecule has 0 aromatic heterocycles.